The Morgan fingerprint density at radius 2 is 1.43 bits per heavy atom. The van der Waals surface area contributed by atoms with Crippen molar-refractivity contribution in [2.75, 3.05) is 63.3 Å². The van der Waals surface area contributed by atoms with E-state index in [-0.39, 0.29) is 34.8 Å². The number of unbranched alkanes of at least 4 members (excludes halogenated alkanes) is 2. The van der Waals surface area contributed by atoms with Crippen molar-refractivity contribution in [3.05, 3.63) is 83.6 Å². The van der Waals surface area contributed by atoms with Crippen LogP contribution in [0.2, 0.25) is 0 Å². The Morgan fingerprint density at radius 3 is 2.10 bits per heavy atom. The Labute approximate surface area is 401 Å². The fourth-order valence-electron chi connectivity index (χ4n) is 8.81. The molecule has 0 radical (unpaired) electrons. The van der Waals surface area contributed by atoms with E-state index in [9.17, 15) is 48.5 Å². The highest BCUT2D eigenvalue weighted by Gasteiger charge is 2.45. The van der Waals surface area contributed by atoms with E-state index in [1.165, 1.54) is 24.3 Å². The first-order valence-corrected chi connectivity index (χ1v) is 27.5. The number of carbonyl (C=O) groups excluding carboxylic acids is 2. The zero-order chi connectivity index (χ0) is 49.8. The van der Waals surface area contributed by atoms with Gasteiger partial charge in [-0.3, -0.25) is 18.5 Å². The Balaban J connectivity index is 1.14. The lowest BCUT2D eigenvalue weighted by atomic mass is 9.81. The smallest absolute Gasteiger partial charge is 0.407 e. The van der Waals surface area contributed by atoms with Crippen LogP contribution in [-0.4, -0.2) is 126 Å². The zero-order valence-electron chi connectivity index (χ0n) is 39.3. The normalized spacial score (nSPS) is 19.1. The lowest BCUT2D eigenvalue weighted by molar-refractivity contribution is -0.437. The fraction of sp³-hybridized carbons (Fsp3) is 0.553. The second-order valence-corrected chi connectivity index (χ2v) is 22.5. The van der Waals surface area contributed by atoms with Crippen LogP contribution in [-0.2, 0) is 60.2 Å². The second-order valence-electron chi connectivity index (χ2n) is 18.1. The minimum Gasteiger partial charge on any atom is -0.446 e. The van der Waals surface area contributed by atoms with E-state index in [2.05, 4.69) is 27.7 Å². The standard InChI is InChI=1S/C47H66N4O14S3/c1-46(2)38-33-36(67(57,58)59)20-22-40(38)50(26-12-8-11-19-44(52)48-24-28-63-30-31-64-29-25-49-45(53)65-35-15-9-6-5-7-10-16-35)42(46)17-13-18-43-47(3,4)39-34-37(68(60,61)62)21-23-41(39)51(43)27-14-32-66(54,55)56/h5-6,13,17-18,20-23,33-35H,7-12,14-16,19,24-32H2,1-4H3,(H4-,48,49,52,53,54,55,56,57,58,59,60,61,62)/p+1/b6-5-. The average molecular weight is 1010 g/mol. The van der Waals surface area contributed by atoms with Crippen LogP contribution in [0.4, 0.5) is 16.2 Å². The molecule has 0 saturated carbocycles. The first kappa shape index (κ1) is 54.5. The number of hydrogen-bond acceptors (Lipinski definition) is 12. The number of nitrogens with one attached hydrogen (secondary N) is 2. The van der Waals surface area contributed by atoms with Crippen LogP contribution < -0.4 is 15.5 Å². The Hall–Kier alpha value is -4.48. The van der Waals surface area contributed by atoms with E-state index in [4.69, 9.17) is 14.2 Å². The van der Waals surface area contributed by atoms with Crippen LogP contribution in [0.5, 0.6) is 0 Å². The molecule has 0 aromatic heterocycles. The van der Waals surface area contributed by atoms with Crippen molar-refractivity contribution < 1.29 is 67.3 Å². The molecule has 2 aromatic carbocycles. The van der Waals surface area contributed by atoms with Gasteiger partial charge in [-0.05, 0) is 101 Å². The maximum atomic E-state index is 12.6. The highest BCUT2D eigenvalue weighted by Crippen LogP contribution is 2.49. The summed E-state index contributed by atoms with van der Waals surface area (Å²) in [6.45, 7) is 10.3. The average Bonchev–Trinajstić information content (AvgIpc) is 3.58. The van der Waals surface area contributed by atoms with Crippen LogP contribution in [0.15, 0.2) is 82.3 Å². The summed E-state index contributed by atoms with van der Waals surface area (Å²) in [7, 11) is -13.3. The molecule has 1 unspecified atom stereocenters. The van der Waals surface area contributed by atoms with Crippen molar-refractivity contribution in [2.24, 2.45) is 0 Å². The van der Waals surface area contributed by atoms with E-state index in [1.807, 2.05) is 50.5 Å². The maximum absolute atomic E-state index is 12.6. The molecule has 1 atom stereocenters. The first-order chi connectivity index (χ1) is 32.0. The van der Waals surface area contributed by atoms with Gasteiger partial charge in [0, 0.05) is 67.0 Å². The summed E-state index contributed by atoms with van der Waals surface area (Å²) in [6, 6.07) is 8.70. The number of benzene rings is 2. The third-order valence-corrected chi connectivity index (χ3v) is 14.9. The minimum atomic E-state index is -4.53. The highest BCUT2D eigenvalue weighted by atomic mass is 32.2. The summed E-state index contributed by atoms with van der Waals surface area (Å²) >= 11 is 0. The number of anilines is 1. The molecule has 5 N–H and O–H groups in total. The summed E-state index contributed by atoms with van der Waals surface area (Å²) < 4.78 is 119. The molecule has 3 aliphatic rings. The number of alkyl carbamates (subject to hydrolysis) is 1. The summed E-state index contributed by atoms with van der Waals surface area (Å²) in [4.78, 5) is 26.3. The van der Waals surface area contributed by atoms with Gasteiger partial charge in [0.2, 0.25) is 11.6 Å². The van der Waals surface area contributed by atoms with Gasteiger partial charge in [0.05, 0.1) is 47.4 Å². The number of hydrogen-bond donors (Lipinski definition) is 5. The molecule has 0 spiro atoms. The van der Waals surface area contributed by atoms with Crippen molar-refractivity contribution in [3.63, 3.8) is 0 Å². The molecule has 2 amide bonds. The van der Waals surface area contributed by atoms with Gasteiger partial charge in [-0.25, -0.2) is 4.79 Å². The quantitative estimate of drug-likeness (QED) is 0.0330. The van der Waals surface area contributed by atoms with Crippen molar-refractivity contribution in [3.8, 4) is 0 Å². The summed E-state index contributed by atoms with van der Waals surface area (Å²) in [6.07, 6.45) is 16.3. The molecular formula is C47H67N4O14S3+. The Bertz CT molecular complexity index is 2590. The van der Waals surface area contributed by atoms with Crippen molar-refractivity contribution >= 4 is 59.4 Å². The third kappa shape index (κ3) is 15.3. The lowest BCUT2D eigenvalue weighted by Crippen LogP contribution is -2.32. The number of amides is 2. The molecule has 2 aromatic rings. The van der Waals surface area contributed by atoms with Gasteiger partial charge in [-0.1, -0.05) is 38.5 Å². The van der Waals surface area contributed by atoms with Gasteiger partial charge in [0.15, 0.2) is 5.71 Å². The topological polar surface area (TPSA) is 255 Å². The van der Waals surface area contributed by atoms with Gasteiger partial charge >= 0.3 is 6.09 Å². The van der Waals surface area contributed by atoms with Crippen LogP contribution in [0.1, 0.15) is 103 Å². The second kappa shape index (κ2) is 23.9. The van der Waals surface area contributed by atoms with Crippen LogP contribution >= 0.6 is 0 Å². The summed E-state index contributed by atoms with van der Waals surface area (Å²) in [5.74, 6) is -0.598. The van der Waals surface area contributed by atoms with E-state index in [1.54, 1.807) is 12.1 Å². The fourth-order valence-corrected chi connectivity index (χ4v) is 10.3. The number of carbonyl (C=O) groups is 2. The Morgan fingerprint density at radius 1 is 0.779 bits per heavy atom. The van der Waals surface area contributed by atoms with Crippen molar-refractivity contribution in [1.82, 2.24) is 10.6 Å². The lowest BCUT2D eigenvalue weighted by Gasteiger charge is -2.27. The summed E-state index contributed by atoms with van der Waals surface area (Å²) in [5.41, 5.74) is 2.58. The van der Waals surface area contributed by atoms with E-state index in [0.717, 1.165) is 43.5 Å². The van der Waals surface area contributed by atoms with Crippen molar-refractivity contribution in [1.29, 1.82) is 0 Å². The van der Waals surface area contributed by atoms with Crippen LogP contribution in [0.25, 0.3) is 0 Å². The summed E-state index contributed by atoms with van der Waals surface area (Å²) in [5, 5.41) is 5.58. The minimum absolute atomic E-state index is 0.0614. The predicted molar refractivity (Wildman–Crippen MR) is 258 cm³/mol. The van der Waals surface area contributed by atoms with Crippen LogP contribution in [0.3, 0.4) is 0 Å². The molecule has 376 valence electrons. The zero-order valence-corrected chi connectivity index (χ0v) is 41.8. The van der Waals surface area contributed by atoms with E-state index < -0.39 is 53.0 Å². The van der Waals surface area contributed by atoms with Gasteiger partial charge in [-0.15, -0.1) is 0 Å². The SMILES string of the molecule is CC1(C)C(/C=C/C=C2/N(CCCCCC(=O)NCCOCCOCCNC(=O)OC3CC/C=C\CCC3)c3ccc(S(=O)(=O)O)cc3C2(C)C)=[N+](CCCS(=O)(=O)O)c2ccc(S(=O)(=O)O)cc21. The van der Waals surface area contributed by atoms with Gasteiger partial charge in [0.25, 0.3) is 30.4 Å². The van der Waals surface area contributed by atoms with Gasteiger partial charge in [0.1, 0.15) is 12.6 Å². The monoisotopic (exact) mass is 1010 g/mol. The number of rotatable bonds is 24. The van der Waals surface area contributed by atoms with Crippen molar-refractivity contribution in [2.45, 2.75) is 119 Å². The molecule has 2 heterocycles. The maximum Gasteiger partial charge on any atom is 0.407 e. The molecule has 2 aliphatic heterocycles. The molecule has 68 heavy (non-hydrogen) atoms. The highest BCUT2D eigenvalue weighted by molar-refractivity contribution is 7.86. The molecular weight excluding hydrogens is 941 g/mol. The Kier molecular flexibility index (Phi) is 19.1. The largest absolute Gasteiger partial charge is 0.446 e. The molecule has 5 rings (SSSR count). The molecule has 0 saturated heterocycles. The molecule has 1 aliphatic carbocycles. The van der Waals surface area contributed by atoms with Crippen LogP contribution in [0, 0.1) is 0 Å². The van der Waals surface area contributed by atoms with E-state index >= 15 is 0 Å². The molecule has 18 nitrogen and oxygen atoms in total. The number of ether oxygens (including phenoxy) is 3. The van der Waals surface area contributed by atoms with Gasteiger partial charge < -0.3 is 29.7 Å². The third-order valence-electron chi connectivity index (χ3n) is 12.3. The predicted octanol–water partition coefficient (Wildman–Crippen LogP) is 6.40. The number of allylic oxidation sites excluding steroid dienone is 6. The number of nitrogens with zero attached hydrogens (tertiary/aromatic N) is 2. The number of fused-ring (bicyclic) bond motifs is 2. The molecule has 0 fully saturated rings. The first-order valence-electron chi connectivity index (χ1n) is 23.0. The van der Waals surface area contributed by atoms with Gasteiger partial charge in [-0.2, -0.15) is 29.8 Å². The van der Waals surface area contributed by atoms with E-state index in [0.29, 0.717) is 94.3 Å². The molecule has 21 heteroatoms. The molecule has 0 bridgehead atoms.